The summed E-state index contributed by atoms with van der Waals surface area (Å²) in [5.74, 6) is 0.457. The maximum atomic E-state index is 10.4. The Morgan fingerprint density at radius 2 is 1.58 bits per heavy atom. The lowest BCUT2D eigenvalue weighted by Crippen LogP contribution is -2.03. The Hall–Kier alpha value is -2.74. The topological polar surface area (TPSA) is 40.5 Å². The molecule has 1 atom stereocenters. The van der Waals surface area contributed by atoms with Gasteiger partial charge in [0.15, 0.2) is 0 Å². The lowest BCUT2D eigenvalue weighted by Gasteiger charge is -2.21. The third-order valence-corrected chi connectivity index (χ3v) is 4.37. The van der Waals surface area contributed by atoms with Crippen LogP contribution in [0.5, 0.6) is 11.5 Å². The highest BCUT2D eigenvalue weighted by Gasteiger charge is 2.20. The van der Waals surface area contributed by atoms with Gasteiger partial charge in [-0.1, -0.05) is 60.2 Å². The summed E-state index contributed by atoms with van der Waals surface area (Å²) in [4.78, 5) is 0. The fourth-order valence-electron chi connectivity index (χ4n) is 3.22. The normalized spacial score (nSPS) is 16.5. The zero-order valence-electron chi connectivity index (χ0n) is 15.7. The minimum absolute atomic E-state index is 0.107. The molecule has 0 amide bonds. The molecule has 1 aliphatic rings. The zero-order valence-corrected chi connectivity index (χ0v) is 15.7. The highest BCUT2D eigenvalue weighted by Crippen LogP contribution is 2.41. The summed E-state index contributed by atoms with van der Waals surface area (Å²) in [6.07, 6.45) is 11.0. The summed E-state index contributed by atoms with van der Waals surface area (Å²) in [6.45, 7) is 7.36. The molecule has 0 saturated heterocycles. The van der Waals surface area contributed by atoms with Gasteiger partial charge in [0.05, 0.1) is 0 Å². The van der Waals surface area contributed by atoms with Crippen molar-refractivity contribution in [1.82, 2.24) is 0 Å². The van der Waals surface area contributed by atoms with Crippen LogP contribution in [0.25, 0.3) is 12.2 Å². The first-order valence-corrected chi connectivity index (χ1v) is 9.08. The van der Waals surface area contributed by atoms with E-state index in [0.717, 1.165) is 30.4 Å². The van der Waals surface area contributed by atoms with Crippen molar-refractivity contribution in [2.45, 2.75) is 39.0 Å². The predicted octanol–water partition coefficient (Wildman–Crippen LogP) is 6.67. The van der Waals surface area contributed by atoms with Gasteiger partial charge in [0.2, 0.25) is 0 Å². The van der Waals surface area contributed by atoms with E-state index in [4.69, 9.17) is 0 Å². The second kappa shape index (κ2) is 9.67. The Bertz CT molecular complexity index is 762. The van der Waals surface area contributed by atoms with Gasteiger partial charge in [-0.2, -0.15) is 0 Å². The first-order chi connectivity index (χ1) is 12.5. The van der Waals surface area contributed by atoms with E-state index in [1.54, 1.807) is 18.2 Å². The Kier molecular flexibility index (Phi) is 7.28. The van der Waals surface area contributed by atoms with Crippen molar-refractivity contribution < 1.29 is 10.2 Å². The summed E-state index contributed by atoms with van der Waals surface area (Å²) < 4.78 is 0. The number of allylic oxidation sites excluding steroid dienone is 3. The lowest BCUT2D eigenvalue weighted by molar-refractivity contribution is 0.428. The van der Waals surface area contributed by atoms with Crippen LogP contribution in [0.1, 0.15) is 55.7 Å². The van der Waals surface area contributed by atoms with Gasteiger partial charge in [-0.05, 0) is 56.4 Å². The molecule has 2 nitrogen and oxygen atoms in total. The monoisotopic (exact) mass is 348 g/mol. The maximum Gasteiger partial charge on any atom is 0.123 e. The van der Waals surface area contributed by atoms with Crippen molar-refractivity contribution in [3.63, 3.8) is 0 Å². The first kappa shape index (κ1) is 19.6. The molecule has 2 aromatic carbocycles. The van der Waals surface area contributed by atoms with E-state index < -0.39 is 0 Å². The molecular weight excluding hydrogens is 320 g/mol. The molecule has 0 fully saturated rings. The first-order valence-electron chi connectivity index (χ1n) is 9.08. The fraction of sp³-hybridized carbons (Fsp3) is 0.250. The average molecular weight is 348 g/mol. The van der Waals surface area contributed by atoms with Crippen LogP contribution in [0, 0.1) is 0 Å². The van der Waals surface area contributed by atoms with Crippen LogP contribution >= 0.6 is 0 Å². The van der Waals surface area contributed by atoms with Crippen molar-refractivity contribution in [3.05, 3.63) is 83.5 Å². The van der Waals surface area contributed by atoms with Crippen LogP contribution in [-0.2, 0) is 0 Å². The van der Waals surface area contributed by atoms with Gasteiger partial charge >= 0.3 is 0 Å². The van der Waals surface area contributed by atoms with Crippen LogP contribution in [-0.4, -0.2) is 10.2 Å². The number of phenolic OH excluding ortho intramolecular Hbond substituents is 2. The van der Waals surface area contributed by atoms with Crippen molar-refractivity contribution in [2.24, 2.45) is 0 Å². The maximum absolute atomic E-state index is 10.4. The highest BCUT2D eigenvalue weighted by atomic mass is 16.3. The summed E-state index contributed by atoms with van der Waals surface area (Å²) in [5.41, 5.74) is 3.86. The van der Waals surface area contributed by atoms with Crippen molar-refractivity contribution in [2.75, 3.05) is 0 Å². The highest BCUT2D eigenvalue weighted by molar-refractivity contribution is 5.72. The Morgan fingerprint density at radius 3 is 2.15 bits per heavy atom. The summed E-state index contributed by atoms with van der Waals surface area (Å²) in [7, 11) is 0. The average Bonchev–Trinajstić information content (AvgIpc) is 2.61. The largest absolute Gasteiger partial charge is 0.507 e. The van der Waals surface area contributed by atoms with Gasteiger partial charge in [-0.15, -0.1) is 6.58 Å². The van der Waals surface area contributed by atoms with E-state index in [0.29, 0.717) is 5.56 Å². The van der Waals surface area contributed by atoms with Crippen LogP contribution < -0.4 is 0 Å². The predicted molar refractivity (Wildman–Crippen MR) is 111 cm³/mol. The number of phenols is 2. The molecule has 1 aliphatic carbocycles. The smallest absolute Gasteiger partial charge is 0.123 e. The number of hydrogen-bond donors (Lipinski definition) is 2. The van der Waals surface area contributed by atoms with Crippen LogP contribution in [0.3, 0.4) is 0 Å². The van der Waals surface area contributed by atoms with Crippen molar-refractivity contribution in [1.29, 1.82) is 0 Å². The molecule has 3 rings (SSSR count). The van der Waals surface area contributed by atoms with Crippen molar-refractivity contribution in [3.8, 4) is 11.5 Å². The number of hydrogen-bond acceptors (Lipinski definition) is 2. The minimum Gasteiger partial charge on any atom is -0.507 e. The molecule has 0 aromatic heterocycles. The SMILES string of the molecule is C=CC.CC1=CC(c2c(O)cc(/C=C/c3ccccc3)cc2O)CCC1. The second-order valence-corrected chi connectivity index (χ2v) is 6.64. The molecule has 136 valence electrons. The van der Waals surface area contributed by atoms with Gasteiger partial charge in [0.1, 0.15) is 11.5 Å². The van der Waals surface area contributed by atoms with E-state index >= 15 is 0 Å². The second-order valence-electron chi connectivity index (χ2n) is 6.64. The quantitative estimate of drug-likeness (QED) is 0.480. The molecular formula is C24H28O2. The molecule has 1 unspecified atom stereocenters. The summed E-state index contributed by atoms with van der Waals surface area (Å²) >= 11 is 0. The Morgan fingerprint density at radius 1 is 1.00 bits per heavy atom. The van der Waals surface area contributed by atoms with E-state index in [1.165, 1.54) is 5.57 Å². The molecule has 26 heavy (non-hydrogen) atoms. The lowest BCUT2D eigenvalue weighted by atomic mass is 9.85. The third kappa shape index (κ3) is 5.38. The van der Waals surface area contributed by atoms with E-state index in [1.807, 2.05) is 49.4 Å². The summed E-state index contributed by atoms with van der Waals surface area (Å²) in [6, 6.07) is 13.4. The van der Waals surface area contributed by atoms with Crippen LogP contribution in [0.2, 0.25) is 0 Å². The van der Waals surface area contributed by atoms with Gasteiger partial charge in [-0.3, -0.25) is 0 Å². The molecule has 0 radical (unpaired) electrons. The van der Waals surface area contributed by atoms with Gasteiger partial charge in [-0.25, -0.2) is 0 Å². The number of aromatic hydroxyl groups is 2. The van der Waals surface area contributed by atoms with Crippen LogP contribution in [0.4, 0.5) is 0 Å². The van der Waals surface area contributed by atoms with Gasteiger partial charge in [0, 0.05) is 11.5 Å². The molecule has 0 heterocycles. The molecule has 2 aromatic rings. The van der Waals surface area contributed by atoms with Crippen molar-refractivity contribution >= 4 is 12.2 Å². The van der Waals surface area contributed by atoms with Gasteiger partial charge < -0.3 is 10.2 Å². The molecule has 2 heteroatoms. The zero-order chi connectivity index (χ0) is 18.9. The van der Waals surface area contributed by atoms with E-state index in [9.17, 15) is 10.2 Å². The fourth-order valence-corrected chi connectivity index (χ4v) is 3.22. The standard InChI is InChI=1S/C21H22O2.C3H6/c1-15-6-5-9-18(12-15)21-19(22)13-17(14-20(21)23)11-10-16-7-3-2-4-8-16;1-3-2/h2-4,7-8,10-14,18,22-23H,5-6,9H2,1H3;3H,1H2,2H3/b11-10+;. The molecule has 0 spiro atoms. The molecule has 0 aliphatic heterocycles. The van der Waals surface area contributed by atoms with Crippen LogP contribution in [0.15, 0.2) is 66.8 Å². The van der Waals surface area contributed by atoms with E-state index in [-0.39, 0.29) is 17.4 Å². The molecule has 0 bridgehead atoms. The summed E-state index contributed by atoms with van der Waals surface area (Å²) in [5, 5.41) is 20.8. The minimum atomic E-state index is 0.107. The Balaban J connectivity index is 0.000000758. The van der Waals surface area contributed by atoms with Gasteiger partial charge in [0.25, 0.3) is 0 Å². The van der Waals surface area contributed by atoms with E-state index in [2.05, 4.69) is 19.6 Å². The number of rotatable bonds is 3. The Labute approximate surface area is 156 Å². The molecule has 2 N–H and O–H groups in total. The molecule has 0 saturated carbocycles. The number of benzene rings is 2. The third-order valence-electron chi connectivity index (χ3n) is 4.37.